The van der Waals surface area contributed by atoms with E-state index in [1.165, 1.54) is 16.3 Å². The first kappa shape index (κ1) is 14.1. The predicted octanol–water partition coefficient (Wildman–Crippen LogP) is 2.71. The Labute approximate surface area is 119 Å². The van der Waals surface area contributed by atoms with Crippen LogP contribution in [0, 0.1) is 6.92 Å². The van der Waals surface area contributed by atoms with E-state index in [0.29, 0.717) is 6.04 Å². The SMILES string of the molecule is Cc1nn(C)c(N(C)C)c1CN[C@H](C)c1cccs1. The smallest absolute Gasteiger partial charge is 0.130 e. The first-order chi connectivity index (χ1) is 9.00. The van der Waals surface area contributed by atoms with E-state index in [9.17, 15) is 0 Å². The Bertz CT molecular complexity index is 528. The molecule has 0 bridgehead atoms. The molecule has 2 aromatic rings. The van der Waals surface area contributed by atoms with Gasteiger partial charge < -0.3 is 10.2 Å². The Morgan fingerprint density at radius 1 is 1.47 bits per heavy atom. The van der Waals surface area contributed by atoms with Crippen LogP contribution in [0.4, 0.5) is 5.82 Å². The van der Waals surface area contributed by atoms with Crippen molar-refractivity contribution < 1.29 is 0 Å². The summed E-state index contributed by atoms with van der Waals surface area (Å²) in [4.78, 5) is 3.49. The maximum absolute atomic E-state index is 4.51. The van der Waals surface area contributed by atoms with Gasteiger partial charge >= 0.3 is 0 Å². The molecule has 2 heterocycles. The standard InChI is InChI=1S/C14H22N4S/c1-10-12(14(17(3)4)18(5)16-10)9-15-11(2)13-7-6-8-19-13/h6-8,11,15H,9H2,1-5H3/t11-/m1/s1. The minimum absolute atomic E-state index is 0.370. The third-order valence-electron chi connectivity index (χ3n) is 3.29. The fourth-order valence-corrected chi connectivity index (χ4v) is 3.11. The minimum Gasteiger partial charge on any atom is -0.363 e. The lowest BCUT2D eigenvalue weighted by Gasteiger charge is -2.17. The first-order valence-electron chi connectivity index (χ1n) is 6.47. The largest absolute Gasteiger partial charge is 0.363 e. The number of nitrogens with zero attached hydrogens (tertiary/aromatic N) is 3. The summed E-state index contributed by atoms with van der Waals surface area (Å²) in [7, 11) is 6.11. The van der Waals surface area contributed by atoms with Gasteiger partial charge in [-0.1, -0.05) is 6.07 Å². The molecule has 0 aliphatic rings. The second-order valence-corrected chi connectivity index (χ2v) is 6.00. The predicted molar refractivity (Wildman–Crippen MR) is 81.8 cm³/mol. The molecule has 1 N–H and O–H groups in total. The fraction of sp³-hybridized carbons (Fsp3) is 0.500. The van der Waals surface area contributed by atoms with Gasteiger partial charge in [-0.3, -0.25) is 4.68 Å². The molecule has 0 aliphatic carbocycles. The van der Waals surface area contributed by atoms with E-state index in [0.717, 1.165) is 12.2 Å². The van der Waals surface area contributed by atoms with Crippen molar-refractivity contribution in [3.05, 3.63) is 33.6 Å². The molecule has 0 fully saturated rings. The van der Waals surface area contributed by atoms with E-state index in [-0.39, 0.29) is 0 Å². The number of hydrogen-bond donors (Lipinski definition) is 1. The van der Waals surface area contributed by atoms with Gasteiger partial charge in [0.2, 0.25) is 0 Å². The number of aryl methyl sites for hydroxylation is 2. The molecule has 5 heteroatoms. The third-order valence-corrected chi connectivity index (χ3v) is 4.35. The summed E-state index contributed by atoms with van der Waals surface area (Å²) < 4.78 is 1.95. The van der Waals surface area contributed by atoms with E-state index in [1.54, 1.807) is 11.3 Å². The highest BCUT2D eigenvalue weighted by atomic mass is 32.1. The molecular weight excluding hydrogens is 256 g/mol. The Balaban J connectivity index is 2.11. The molecule has 0 amide bonds. The van der Waals surface area contributed by atoms with E-state index >= 15 is 0 Å². The molecule has 0 aromatic carbocycles. The molecule has 0 saturated heterocycles. The molecule has 2 rings (SSSR count). The number of aromatic nitrogens is 2. The van der Waals surface area contributed by atoms with Crippen LogP contribution in [0.2, 0.25) is 0 Å². The van der Waals surface area contributed by atoms with Crippen molar-refractivity contribution in [2.45, 2.75) is 26.4 Å². The van der Waals surface area contributed by atoms with E-state index in [4.69, 9.17) is 0 Å². The minimum atomic E-state index is 0.370. The first-order valence-corrected chi connectivity index (χ1v) is 7.35. The van der Waals surface area contributed by atoms with Gasteiger partial charge in [-0.05, 0) is 25.3 Å². The Morgan fingerprint density at radius 2 is 2.21 bits per heavy atom. The molecule has 19 heavy (non-hydrogen) atoms. The van der Waals surface area contributed by atoms with Crippen LogP contribution in [0.5, 0.6) is 0 Å². The molecule has 2 aromatic heterocycles. The van der Waals surface area contributed by atoms with Crippen LogP contribution >= 0.6 is 11.3 Å². The van der Waals surface area contributed by atoms with Gasteiger partial charge in [-0.25, -0.2) is 0 Å². The van der Waals surface area contributed by atoms with Gasteiger partial charge in [0.15, 0.2) is 0 Å². The zero-order valence-corrected chi connectivity index (χ0v) is 13.1. The normalized spacial score (nSPS) is 12.7. The fourth-order valence-electron chi connectivity index (χ4n) is 2.35. The average Bonchev–Trinajstić information content (AvgIpc) is 2.94. The third kappa shape index (κ3) is 2.98. The van der Waals surface area contributed by atoms with Gasteiger partial charge in [-0.2, -0.15) is 5.10 Å². The molecule has 1 atom stereocenters. The maximum atomic E-state index is 4.51. The number of thiophene rings is 1. The Kier molecular flexibility index (Phi) is 4.27. The van der Waals surface area contributed by atoms with Crippen molar-refractivity contribution >= 4 is 17.2 Å². The van der Waals surface area contributed by atoms with Crippen LogP contribution in [0.25, 0.3) is 0 Å². The maximum Gasteiger partial charge on any atom is 0.130 e. The Hall–Kier alpha value is -1.33. The monoisotopic (exact) mass is 278 g/mol. The summed E-state index contributed by atoms with van der Waals surface area (Å²) in [6.45, 7) is 5.11. The lowest BCUT2D eigenvalue weighted by atomic mass is 10.2. The zero-order valence-electron chi connectivity index (χ0n) is 12.3. The van der Waals surface area contributed by atoms with Crippen LogP contribution in [-0.2, 0) is 13.6 Å². The second-order valence-electron chi connectivity index (χ2n) is 5.02. The van der Waals surface area contributed by atoms with Gasteiger partial charge in [0, 0.05) is 44.2 Å². The van der Waals surface area contributed by atoms with Crippen molar-refractivity contribution in [3.63, 3.8) is 0 Å². The lowest BCUT2D eigenvalue weighted by Crippen LogP contribution is -2.20. The molecule has 0 aliphatic heterocycles. The number of rotatable bonds is 5. The summed E-state index contributed by atoms with van der Waals surface area (Å²) in [5, 5.41) is 10.2. The highest BCUT2D eigenvalue weighted by Crippen LogP contribution is 2.23. The van der Waals surface area contributed by atoms with Crippen LogP contribution < -0.4 is 10.2 Å². The Morgan fingerprint density at radius 3 is 2.79 bits per heavy atom. The van der Waals surface area contributed by atoms with Crippen LogP contribution in [0.3, 0.4) is 0 Å². The quantitative estimate of drug-likeness (QED) is 0.913. The molecule has 0 radical (unpaired) electrons. The van der Waals surface area contributed by atoms with Gasteiger partial charge in [0.25, 0.3) is 0 Å². The van der Waals surface area contributed by atoms with Gasteiger partial charge in [-0.15, -0.1) is 11.3 Å². The number of hydrogen-bond acceptors (Lipinski definition) is 4. The van der Waals surface area contributed by atoms with Crippen molar-refractivity contribution in [2.24, 2.45) is 7.05 Å². The van der Waals surface area contributed by atoms with Crippen LogP contribution in [0.15, 0.2) is 17.5 Å². The number of nitrogens with one attached hydrogen (secondary N) is 1. The van der Waals surface area contributed by atoms with Crippen molar-refractivity contribution in [1.82, 2.24) is 15.1 Å². The molecule has 0 spiro atoms. The molecule has 4 nitrogen and oxygen atoms in total. The second kappa shape index (κ2) is 5.75. The molecule has 0 saturated carbocycles. The van der Waals surface area contributed by atoms with E-state index < -0.39 is 0 Å². The summed E-state index contributed by atoms with van der Waals surface area (Å²) in [5.74, 6) is 1.17. The zero-order chi connectivity index (χ0) is 14.0. The summed E-state index contributed by atoms with van der Waals surface area (Å²) in [5.41, 5.74) is 2.37. The number of anilines is 1. The van der Waals surface area contributed by atoms with Gasteiger partial charge in [0.05, 0.1) is 5.69 Å². The topological polar surface area (TPSA) is 33.1 Å². The van der Waals surface area contributed by atoms with Crippen molar-refractivity contribution in [1.29, 1.82) is 0 Å². The van der Waals surface area contributed by atoms with E-state index in [1.807, 2.05) is 11.7 Å². The summed E-state index contributed by atoms with van der Waals surface area (Å²) in [6.07, 6.45) is 0. The molecule has 104 valence electrons. The van der Waals surface area contributed by atoms with Crippen LogP contribution in [-0.4, -0.2) is 23.9 Å². The summed E-state index contributed by atoms with van der Waals surface area (Å²) >= 11 is 1.79. The molecule has 0 unspecified atom stereocenters. The molecular formula is C14H22N4S. The highest BCUT2D eigenvalue weighted by molar-refractivity contribution is 7.10. The van der Waals surface area contributed by atoms with E-state index in [2.05, 4.69) is 60.8 Å². The van der Waals surface area contributed by atoms with Crippen molar-refractivity contribution in [2.75, 3.05) is 19.0 Å². The highest BCUT2D eigenvalue weighted by Gasteiger charge is 2.16. The van der Waals surface area contributed by atoms with Crippen molar-refractivity contribution in [3.8, 4) is 0 Å². The van der Waals surface area contributed by atoms with Gasteiger partial charge in [0.1, 0.15) is 5.82 Å². The van der Waals surface area contributed by atoms with Crippen LogP contribution in [0.1, 0.15) is 29.1 Å². The average molecular weight is 278 g/mol. The summed E-state index contributed by atoms with van der Waals surface area (Å²) in [6, 6.07) is 4.64. The lowest BCUT2D eigenvalue weighted by molar-refractivity contribution is 0.581.